The number of anilines is 1. The zero-order valence-electron chi connectivity index (χ0n) is 20.2. The second kappa shape index (κ2) is 11.1. The smallest absolute Gasteiger partial charge is 0.230 e. The monoisotopic (exact) mass is 501 g/mol. The number of carbonyl (C=O) groups is 1. The summed E-state index contributed by atoms with van der Waals surface area (Å²) in [4.78, 5) is 23.7. The van der Waals surface area contributed by atoms with Crippen LogP contribution >= 0.6 is 11.6 Å². The third kappa shape index (κ3) is 5.83. The third-order valence-corrected chi connectivity index (χ3v) is 6.79. The molecule has 4 aromatic rings. The topological polar surface area (TPSA) is 64.6 Å². The standard InChI is InChI=1S/C29H28ClN3O3/c1-35-25-11-13-33(14-12-25)23-7-10-27-28(18-23)31-19-32-29(27)36-26-8-5-20(6-9-26)16-24(34)17-21-3-2-4-22(30)15-21/h2-10,15,18-19,25H,11-14,16-17H2,1H3. The number of rotatable bonds is 8. The van der Waals surface area contributed by atoms with Crippen molar-refractivity contribution in [3.8, 4) is 11.6 Å². The van der Waals surface area contributed by atoms with Crippen LogP contribution in [-0.2, 0) is 22.4 Å². The molecule has 0 N–H and O–H groups in total. The number of carbonyl (C=O) groups excluding carboxylic acids is 1. The van der Waals surface area contributed by atoms with Crippen molar-refractivity contribution in [2.45, 2.75) is 31.8 Å². The summed E-state index contributed by atoms with van der Waals surface area (Å²) in [6, 6.07) is 21.2. The van der Waals surface area contributed by atoms with Crippen LogP contribution in [0.1, 0.15) is 24.0 Å². The molecule has 7 heteroatoms. The maximum Gasteiger partial charge on any atom is 0.230 e. The number of fused-ring (bicyclic) bond motifs is 1. The van der Waals surface area contributed by atoms with Crippen molar-refractivity contribution in [1.82, 2.24) is 9.97 Å². The van der Waals surface area contributed by atoms with Crippen molar-refractivity contribution < 1.29 is 14.3 Å². The van der Waals surface area contributed by atoms with Crippen LogP contribution in [0, 0.1) is 0 Å². The number of ketones is 1. The van der Waals surface area contributed by atoms with Crippen LogP contribution in [0.5, 0.6) is 11.6 Å². The summed E-state index contributed by atoms with van der Waals surface area (Å²) >= 11 is 6.02. The predicted molar refractivity (Wildman–Crippen MR) is 142 cm³/mol. The number of nitrogens with zero attached hydrogens (tertiary/aromatic N) is 3. The molecule has 1 aromatic heterocycles. The van der Waals surface area contributed by atoms with Gasteiger partial charge in [0.25, 0.3) is 0 Å². The lowest BCUT2D eigenvalue weighted by Crippen LogP contribution is -2.36. The van der Waals surface area contributed by atoms with E-state index in [2.05, 4.69) is 27.0 Å². The largest absolute Gasteiger partial charge is 0.438 e. The van der Waals surface area contributed by atoms with Crippen LogP contribution in [0.3, 0.4) is 0 Å². The molecule has 36 heavy (non-hydrogen) atoms. The highest BCUT2D eigenvalue weighted by atomic mass is 35.5. The van der Waals surface area contributed by atoms with Gasteiger partial charge in [0.15, 0.2) is 0 Å². The Morgan fingerprint density at radius 2 is 1.75 bits per heavy atom. The summed E-state index contributed by atoms with van der Waals surface area (Å²) in [5.41, 5.74) is 3.85. The molecule has 1 saturated heterocycles. The van der Waals surface area contributed by atoms with E-state index in [0.717, 1.165) is 53.6 Å². The first-order valence-corrected chi connectivity index (χ1v) is 12.5. The summed E-state index contributed by atoms with van der Waals surface area (Å²) < 4.78 is 11.6. The molecule has 1 fully saturated rings. The number of ether oxygens (including phenoxy) is 2. The number of halogens is 1. The lowest BCUT2D eigenvalue weighted by atomic mass is 10.0. The number of aromatic nitrogens is 2. The van der Waals surface area contributed by atoms with Gasteiger partial charge in [0.05, 0.1) is 17.0 Å². The Hall–Kier alpha value is -3.48. The van der Waals surface area contributed by atoms with Gasteiger partial charge < -0.3 is 14.4 Å². The van der Waals surface area contributed by atoms with Gasteiger partial charge in [0, 0.05) is 43.8 Å². The van der Waals surface area contributed by atoms with Crippen LogP contribution in [0.15, 0.2) is 73.1 Å². The Kier molecular flexibility index (Phi) is 7.44. The van der Waals surface area contributed by atoms with Gasteiger partial charge in [-0.15, -0.1) is 0 Å². The Morgan fingerprint density at radius 1 is 0.972 bits per heavy atom. The van der Waals surface area contributed by atoms with Gasteiger partial charge in [-0.2, -0.15) is 0 Å². The fourth-order valence-corrected chi connectivity index (χ4v) is 4.81. The molecule has 0 radical (unpaired) electrons. The van der Waals surface area contributed by atoms with Gasteiger partial charge >= 0.3 is 0 Å². The molecular weight excluding hydrogens is 474 g/mol. The van der Waals surface area contributed by atoms with Crippen molar-refractivity contribution in [1.29, 1.82) is 0 Å². The molecule has 0 atom stereocenters. The van der Waals surface area contributed by atoms with Crippen LogP contribution in [0.25, 0.3) is 10.9 Å². The summed E-state index contributed by atoms with van der Waals surface area (Å²) in [5.74, 6) is 1.30. The maximum absolute atomic E-state index is 12.5. The second-order valence-electron chi connectivity index (χ2n) is 9.07. The second-order valence-corrected chi connectivity index (χ2v) is 9.51. The quantitative estimate of drug-likeness (QED) is 0.293. The minimum atomic E-state index is 0.134. The Balaban J connectivity index is 1.24. The zero-order chi connectivity index (χ0) is 24.9. The molecule has 0 spiro atoms. The van der Waals surface area contributed by atoms with Crippen LogP contribution < -0.4 is 9.64 Å². The molecule has 1 aliphatic rings. The first kappa shape index (κ1) is 24.2. The molecule has 0 amide bonds. The van der Waals surface area contributed by atoms with E-state index in [1.165, 1.54) is 6.33 Å². The van der Waals surface area contributed by atoms with Gasteiger partial charge in [-0.05, 0) is 66.4 Å². The lowest BCUT2D eigenvalue weighted by molar-refractivity contribution is -0.117. The van der Waals surface area contributed by atoms with E-state index in [1.54, 1.807) is 13.2 Å². The highest BCUT2D eigenvalue weighted by Crippen LogP contribution is 2.30. The van der Waals surface area contributed by atoms with Crippen molar-refractivity contribution >= 4 is 34.0 Å². The Labute approximate surface area is 215 Å². The molecular formula is C29H28ClN3O3. The van der Waals surface area contributed by atoms with Crippen molar-refractivity contribution in [2.75, 3.05) is 25.1 Å². The number of methoxy groups -OCH3 is 1. The number of hydrogen-bond acceptors (Lipinski definition) is 6. The molecule has 0 unspecified atom stereocenters. The molecule has 6 nitrogen and oxygen atoms in total. The fraction of sp³-hybridized carbons (Fsp3) is 0.276. The fourth-order valence-electron chi connectivity index (χ4n) is 4.60. The summed E-state index contributed by atoms with van der Waals surface area (Å²) in [6.07, 6.45) is 4.63. The number of benzene rings is 3. The van der Waals surface area contributed by atoms with Crippen LogP contribution in [0.4, 0.5) is 5.69 Å². The molecule has 184 valence electrons. The van der Waals surface area contributed by atoms with E-state index in [-0.39, 0.29) is 5.78 Å². The number of Topliss-reactive ketones (excluding diaryl/α,β-unsaturated/α-hetero) is 1. The predicted octanol–water partition coefficient (Wildman–Crippen LogP) is 6.05. The summed E-state index contributed by atoms with van der Waals surface area (Å²) in [7, 11) is 1.78. The van der Waals surface area contributed by atoms with Gasteiger partial charge in [-0.1, -0.05) is 35.9 Å². The van der Waals surface area contributed by atoms with Crippen LogP contribution in [-0.4, -0.2) is 42.1 Å². The van der Waals surface area contributed by atoms with Crippen LogP contribution in [0.2, 0.25) is 5.02 Å². The first-order valence-electron chi connectivity index (χ1n) is 12.1. The molecule has 1 aliphatic heterocycles. The van der Waals surface area contributed by atoms with E-state index in [1.807, 2.05) is 48.5 Å². The van der Waals surface area contributed by atoms with Gasteiger partial charge in [0.1, 0.15) is 17.9 Å². The third-order valence-electron chi connectivity index (χ3n) is 6.55. The highest BCUT2D eigenvalue weighted by molar-refractivity contribution is 6.30. The molecule has 3 aromatic carbocycles. The van der Waals surface area contributed by atoms with Gasteiger partial charge in [-0.3, -0.25) is 4.79 Å². The van der Waals surface area contributed by atoms with Gasteiger partial charge in [-0.25, -0.2) is 9.97 Å². The van der Waals surface area contributed by atoms with Gasteiger partial charge in [0.2, 0.25) is 5.88 Å². The zero-order valence-corrected chi connectivity index (χ0v) is 20.9. The molecule has 0 bridgehead atoms. The summed E-state index contributed by atoms with van der Waals surface area (Å²) in [5, 5.41) is 1.50. The molecule has 2 heterocycles. The Bertz CT molecular complexity index is 1350. The SMILES string of the molecule is COC1CCN(c2ccc3c(Oc4ccc(CC(=O)Cc5cccc(Cl)c5)cc4)ncnc3c2)CC1. The van der Waals surface area contributed by atoms with E-state index < -0.39 is 0 Å². The van der Waals surface area contributed by atoms with Crippen molar-refractivity contribution in [2.24, 2.45) is 0 Å². The number of piperidine rings is 1. The summed E-state index contributed by atoms with van der Waals surface area (Å²) in [6.45, 7) is 1.93. The number of hydrogen-bond donors (Lipinski definition) is 0. The van der Waals surface area contributed by atoms with Crippen molar-refractivity contribution in [3.05, 3.63) is 89.2 Å². The first-order chi connectivity index (χ1) is 17.6. The highest BCUT2D eigenvalue weighted by Gasteiger charge is 2.19. The average Bonchev–Trinajstić information content (AvgIpc) is 2.90. The van der Waals surface area contributed by atoms with E-state index >= 15 is 0 Å². The maximum atomic E-state index is 12.5. The van der Waals surface area contributed by atoms with E-state index in [4.69, 9.17) is 21.1 Å². The molecule has 0 saturated carbocycles. The van der Waals surface area contributed by atoms with Crippen molar-refractivity contribution in [3.63, 3.8) is 0 Å². The average molecular weight is 502 g/mol. The normalized spacial score (nSPS) is 14.2. The Morgan fingerprint density at radius 3 is 2.50 bits per heavy atom. The minimum Gasteiger partial charge on any atom is -0.438 e. The molecule has 5 rings (SSSR count). The van der Waals surface area contributed by atoms with E-state index in [9.17, 15) is 4.79 Å². The lowest BCUT2D eigenvalue weighted by Gasteiger charge is -2.33. The van der Waals surface area contributed by atoms with E-state index in [0.29, 0.717) is 35.6 Å². The minimum absolute atomic E-state index is 0.134. The molecule has 0 aliphatic carbocycles.